The van der Waals surface area contributed by atoms with Gasteiger partial charge < -0.3 is 14.4 Å². The molecular weight excluding hydrogens is 380 g/mol. The summed E-state index contributed by atoms with van der Waals surface area (Å²) in [5.74, 6) is 1.07. The van der Waals surface area contributed by atoms with Crippen LogP contribution < -0.4 is 14.2 Å². The summed E-state index contributed by atoms with van der Waals surface area (Å²) < 4.78 is 37.4. The van der Waals surface area contributed by atoms with Crippen LogP contribution in [0.2, 0.25) is 0 Å². The molecule has 2 rings (SSSR count). The number of amides is 1. The first-order chi connectivity index (χ1) is 13.3. The lowest BCUT2D eigenvalue weighted by Gasteiger charge is -2.20. The molecular formula is C20H26N2O5S. The van der Waals surface area contributed by atoms with Crippen molar-refractivity contribution in [3.05, 3.63) is 53.6 Å². The Labute approximate surface area is 166 Å². The third-order valence-electron chi connectivity index (χ3n) is 4.36. The van der Waals surface area contributed by atoms with Gasteiger partial charge in [-0.3, -0.25) is 4.79 Å². The van der Waals surface area contributed by atoms with Crippen LogP contribution in [0.25, 0.3) is 0 Å². The van der Waals surface area contributed by atoms with E-state index >= 15 is 0 Å². The van der Waals surface area contributed by atoms with Crippen molar-refractivity contribution in [2.45, 2.75) is 24.8 Å². The molecule has 0 radical (unpaired) electrons. The maximum absolute atomic E-state index is 12.4. The SMILES string of the molecule is COc1cc(C)c(CN(C)C(=O)CCNS(=O)(=O)c2ccccc2)cc1OC. The van der Waals surface area contributed by atoms with Gasteiger partial charge in [0.05, 0.1) is 19.1 Å². The number of sulfonamides is 1. The first kappa shape index (κ1) is 21.7. The second-order valence-electron chi connectivity index (χ2n) is 6.34. The first-order valence-electron chi connectivity index (χ1n) is 8.78. The molecule has 0 unspecified atom stereocenters. The van der Waals surface area contributed by atoms with E-state index in [0.717, 1.165) is 11.1 Å². The van der Waals surface area contributed by atoms with Crippen LogP contribution >= 0.6 is 0 Å². The molecule has 0 heterocycles. The van der Waals surface area contributed by atoms with Crippen LogP contribution in [0, 0.1) is 6.92 Å². The van der Waals surface area contributed by atoms with Crippen molar-refractivity contribution in [3.8, 4) is 11.5 Å². The Bertz CT molecular complexity index is 914. The van der Waals surface area contributed by atoms with Crippen LogP contribution in [-0.4, -0.2) is 47.0 Å². The van der Waals surface area contributed by atoms with Gasteiger partial charge in [0.2, 0.25) is 15.9 Å². The van der Waals surface area contributed by atoms with Gasteiger partial charge in [0.1, 0.15) is 0 Å². The predicted octanol–water partition coefficient (Wildman–Crippen LogP) is 2.34. The second kappa shape index (κ2) is 9.57. The fourth-order valence-corrected chi connectivity index (χ4v) is 3.76. The van der Waals surface area contributed by atoms with Gasteiger partial charge in [-0.1, -0.05) is 18.2 Å². The zero-order chi connectivity index (χ0) is 20.7. The Hall–Kier alpha value is -2.58. The third-order valence-corrected chi connectivity index (χ3v) is 5.84. The first-order valence-corrected chi connectivity index (χ1v) is 10.3. The van der Waals surface area contributed by atoms with Gasteiger partial charge in [-0.25, -0.2) is 13.1 Å². The van der Waals surface area contributed by atoms with Crippen LogP contribution in [0.5, 0.6) is 11.5 Å². The minimum Gasteiger partial charge on any atom is -0.493 e. The zero-order valence-corrected chi connectivity index (χ0v) is 17.4. The lowest BCUT2D eigenvalue weighted by Crippen LogP contribution is -2.32. The van der Waals surface area contributed by atoms with Crippen LogP contribution in [0.3, 0.4) is 0 Å². The fraction of sp³-hybridized carbons (Fsp3) is 0.350. The highest BCUT2D eigenvalue weighted by Crippen LogP contribution is 2.30. The highest BCUT2D eigenvalue weighted by molar-refractivity contribution is 7.89. The van der Waals surface area contributed by atoms with E-state index in [0.29, 0.717) is 18.0 Å². The van der Waals surface area contributed by atoms with Crippen molar-refractivity contribution in [3.63, 3.8) is 0 Å². The zero-order valence-electron chi connectivity index (χ0n) is 16.6. The predicted molar refractivity (Wildman–Crippen MR) is 107 cm³/mol. The van der Waals surface area contributed by atoms with Gasteiger partial charge in [-0.05, 0) is 42.3 Å². The summed E-state index contributed by atoms with van der Waals surface area (Å²) in [5.41, 5.74) is 1.90. The molecule has 0 saturated carbocycles. The number of carbonyl (C=O) groups is 1. The average Bonchev–Trinajstić information content (AvgIpc) is 2.69. The molecule has 0 aromatic heterocycles. The minimum absolute atomic E-state index is 0.0331. The molecule has 0 bridgehead atoms. The molecule has 8 heteroatoms. The normalized spacial score (nSPS) is 11.1. The van der Waals surface area contributed by atoms with Gasteiger partial charge in [0.25, 0.3) is 0 Å². The van der Waals surface area contributed by atoms with Gasteiger partial charge in [0, 0.05) is 26.6 Å². The fourth-order valence-electron chi connectivity index (χ4n) is 2.70. The van der Waals surface area contributed by atoms with E-state index in [1.165, 1.54) is 12.1 Å². The third kappa shape index (κ3) is 5.46. The molecule has 0 fully saturated rings. The highest BCUT2D eigenvalue weighted by atomic mass is 32.2. The number of nitrogens with zero attached hydrogens (tertiary/aromatic N) is 1. The smallest absolute Gasteiger partial charge is 0.240 e. The van der Waals surface area contributed by atoms with Crippen molar-refractivity contribution in [2.24, 2.45) is 0 Å². The Morgan fingerprint density at radius 2 is 1.68 bits per heavy atom. The minimum atomic E-state index is -3.62. The molecule has 0 aliphatic rings. The number of methoxy groups -OCH3 is 2. The Morgan fingerprint density at radius 1 is 1.07 bits per heavy atom. The number of hydrogen-bond acceptors (Lipinski definition) is 5. The number of nitrogens with one attached hydrogen (secondary N) is 1. The number of benzene rings is 2. The number of ether oxygens (including phenoxy) is 2. The quantitative estimate of drug-likeness (QED) is 0.691. The van der Waals surface area contributed by atoms with Gasteiger partial charge in [0.15, 0.2) is 11.5 Å². The van der Waals surface area contributed by atoms with Crippen molar-refractivity contribution >= 4 is 15.9 Å². The van der Waals surface area contributed by atoms with E-state index in [-0.39, 0.29) is 23.8 Å². The molecule has 0 spiro atoms. The summed E-state index contributed by atoms with van der Waals surface area (Å²) in [7, 11) is 1.20. The van der Waals surface area contributed by atoms with Crippen molar-refractivity contribution < 1.29 is 22.7 Å². The molecule has 0 aliphatic carbocycles. The standard InChI is InChI=1S/C20H26N2O5S/c1-15-12-18(26-3)19(27-4)13-16(15)14-22(2)20(23)10-11-21-28(24,25)17-8-6-5-7-9-17/h5-9,12-13,21H,10-11,14H2,1-4H3. The topological polar surface area (TPSA) is 84.9 Å². The summed E-state index contributed by atoms with van der Waals surface area (Å²) in [6.45, 7) is 2.35. The van der Waals surface area contributed by atoms with Crippen LogP contribution in [0.15, 0.2) is 47.4 Å². The number of aryl methyl sites for hydroxylation is 1. The molecule has 152 valence electrons. The van der Waals surface area contributed by atoms with E-state index in [1.54, 1.807) is 44.4 Å². The van der Waals surface area contributed by atoms with Gasteiger partial charge in [-0.15, -0.1) is 0 Å². The van der Waals surface area contributed by atoms with E-state index < -0.39 is 10.0 Å². The summed E-state index contributed by atoms with van der Waals surface area (Å²) in [6, 6.07) is 11.8. The Balaban J connectivity index is 1.95. The average molecular weight is 407 g/mol. The Morgan fingerprint density at radius 3 is 2.29 bits per heavy atom. The summed E-state index contributed by atoms with van der Waals surface area (Å²) >= 11 is 0. The van der Waals surface area contributed by atoms with Crippen LogP contribution in [0.4, 0.5) is 0 Å². The summed E-state index contributed by atoms with van der Waals surface area (Å²) in [4.78, 5) is 14.1. The number of carbonyl (C=O) groups excluding carboxylic acids is 1. The molecule has 1 amide bonds. The highest BCUT2D eigenvalue weighted by Gasteiger charge is 2.16. The molecule has 7 nitrogen and oxygen atoms in total. The van der Waals surface area contributed by atoms with Crippen molar-refractivity contribution in [1.82, 2.24) is 9.62 Å². The second-order valence-corrected chi connectivity index (χ2v) is 8.11. The van der Waals surface area contributed by atoms with Crippen LogP contribution in [0.1, 0.15) is 17.5 Å². The van der Waals surface area contributed by atoms with E-state index in [4.69, 9.17) is 9.47 Å². The molecule has 1 N–H and O–H groups in total. The molecule has 0 atom stereocenters. The van der Waals surface area contributed by atoms with Crippen molar-refractivity contribution in [2.75, 3.05) is 27.8 Å². The number of rotatable bonds is 9. The van der Waals surface area contributed by atoms with Crippen molar-refractivity contribution in [1.29, 1.82) is 0 Å². The van der Waals surface area contributed by atoms with Gasteiger partial charge >= 0.3 is 0 Å². The van der Waals surface area contributed by atoms with E-state index in [2.05, 4.69) is 4.72 Å². The molecule has 0 aliphatic heterocycles. The monoisotopic (exact) mass is 406 g/mol. The molecule has 28 heavy (non-hydrogen) atoms. The number of hydrogen-bond donors (Lipinski definition) is 1. The lowest BCUT2D eigenvalue weighted by molar-refractivity contribution is -0.130. The lowest BCUT2D eigenvalue weighted by atomic mass is 10.1. The molecule has 0 saturated heterocycles. The van der Waals surface area contributed by atoms with Crippen LogP contribution in [-0.2, 0) is 21.4 Å². The maximum atomic E-state index is 12.4. The summed E-state index contributed by atoms with van der Waals surface area (Å²) in [6.07, 6.45) is 0.0644. The summed E-state index contributed by atoms with van der Waals surface area (Å²) in [5, 5.41) is 0. The van der Waals surface area contributed by atoms with E-state index in [9.17, 15) is 13.2 Å². The molecule has 2 aromatic rings. The maximum Gasteiger partial charge on any atom is 0.240 e. The molecule has 2 aromatic carbocycles. The Kier molecular flexibility index (Phi) is 7.42. The van der Waals surface area contributed by atoms with Gasteiger partial charge in [-0.2, -0.15) is 0 Å². The largest absolute Gasteiger partial charge is 0.493 e. The van der Waals surface area contributed by atoms with E-state index in [1.807, 2.05) is 19.1 Å².